The van der Waals surface area contributed by atoms with E-state index in [0.717, 1.165) is 5.69 Å². The Kier molecular flexibility index (Phi) is 4.90. The van der Waals surface area contributed by atoms with Gasteiger partial charge in [0.15, 0.2) is 0 Å². The van der Waals surface area contributed by atoms with Gasteiger partial charge in [-0.25, -0.2) is 4.39 Å². The SMILES string of the molecule is CCN1c2ccc(F)cc2C(=O)NC12CCN(C(=O)c1ccccc1OC)CC2. The van der Waals surface area contributed by atoms with E-state index in [4.69, 9.17) is 4.74 Å². The van der Waals surface area contributed by atoms with Crippen LogP contribution in [-0.4, -0.2) is 49.1 Å². The van der Waals surface area contributed by atoms with Crippen LogP contribution in [0.1, 0.15) is 40.5 Å². The largest absolute Gasteiger partial charge is 0.496 e. The molecule has 29 heavy (non-hydrogen) atoms. The fourth-order valence-corrected chi connectivity index (χ4v) is 4.44. The van der Waals surface area contributed by atoms with Gasteiger partial charge in [-0.1, -0.05) is 12.1 Å². The second-order valence-electron chi connectivity index (χ2n) is 7.38. The van der Waals surface area contributed by atoms with E-state index >= 15 is 0 Å². The number of carbonyl (C=O) groups excluding carboxylic acids is 2. The fourth-order valence-electron chi connectivity index (χ4n) is 4.44. The monoisotopic (exact) mass is 397 g/mol. The molecule has 2 amide bonds. The molecule has 2 aromatic carbocycles. The van der Waals surface area contributed by atoms with Crippen LogP contribution in [0.15, 0.2) is 42.5 Å². The minimum absolute atomic E-state index is 0.0787. The van der Waals surface area contributed by atoms with Crippen LogP contribution in [0.5, 0.6) is 5.75 Å². The molecule has 1 N–H and O–H groups in total. The molecule has 0 aromatic heterocycles. The molecular formula is C22H24FN3O3. The number of carbonyl (C=O) groups is 2. The third-order valence-electron chi connectivity index (χ3n) is 5.89. The summed E-state index contributed by atoms with van der Waals surface area (Å²) in [4.78, 5) is 29.6. The quantitative estimate of drug-likeness (QED) is 0.865. The molecule has 1 spiro atoms. The summed E-state index contributed by atoms with van der Waals surface area (Å²) in [5.41, 5.74) is 1.05. The molecule has 0 unspecified atom stereocenters. The highest BCUT2D eigenvalue weighted by Crippen LogP contribution is 2.38. The Hall–Kier alpha value is -3.09. The van der Waals surface area contributed by atoms with E-state index in [-0.39, 0.29) is 11.8 Å². The van der Waals surface area contributed by atoms with E-state index in [1.54, 1.807) is 30.2 Å². The number of fused-ring (bicyclic) bond motifs is 1. The number of benzene rings is 2. The maximum Gasteiger partial charge on any atom is 0.257 e. The van der Waals surface area contributed by atoms with Gasteiger partial charge in [0.05, 0.1) is 23.9 Å². The molecule has 2 aliphatic rings. The van der Waals surface area contributed by atoms with Crippen molar-refractivity contribution >= 4 is 17.5 Å². The van der Waals surface area contributed by atoms with Crippen molar-refractivity contribution in [1.82, 2.24) is 10.2 Å². The maximum absolute atomic E-state index is 13.6. The van der Waals surface area contributed by atoms with Crippen molar-refractivity contribution in [2.45, 2.75) is 25.4 Å². The lowest BCUT2D eigenvalue weighted by Crippen LogP contribution is -2.68. The first-order chi connectivity index (χ1) is 14.0. The number of nitrogens with one attached hydrogen (secondary N) is 1. The predicted molar refractivity (Wildman–Crippen MR) is 108 cm³/mol. The van der Waals surface area contributed by atoms with Crippen molar-refractivity contribution < 1.29 is 18.7 Å². The number of nitrogens with zero attached hydrogens (tertiary/aromatic N) is 2. The Bertz CT molecular complexity index is 954. The van der Waals surface area contributed by atoms with Crippen molar-refractivity contribution in [3.05, 3.63) is 59.4 Å². The Morgan fingerprint density at radius 2 is 1.93 bits per heavy atom. The Balaban J connectivity index is 1.57. The summed E-state index contributed by atoms with van der Waals surface area (Å²) in [5.74, 6) is -0.225. The zero-order valence-electron chi connectivity index (χ0n) is 16.6. The highest BCUT2D eigenvalue weighted by Gasteiger charge is 2.46. The maximum atomic E-state index is 13.6. The molecule has 0 saturated carbocycles. The molecule has 0 bridgehead atoms. The number of likely N-dealkylation sites (tertiary alicyclic amines) is 1. The van der Waals surface area contributed by atoms with Gasteiger partial charge < -0.3 is 19.9 Å². The third kappa shape index (κ3) is 3.20. The first kappa shape index (κ1) is 19.2. The van der Waals surface area contributed by atoms with Gasteiger partial charge in [0.25, 0.3) is 11.8 Å². The van der Waals surface area contributed by atoms with Crippen LogP contribution in [0.4, 0.5) is 10.1 Å². The molecule has 2 aliphatic heterocycles. The van der Waals surface area contributed by atoms with Crippen LogP contribution in [0, 0.1) is 5.82 Å². The number of methoxy groups -OCH3 is 1. The summed E-state index contributed by atoms with van der Waals surface area (Å²) in [6.07, 6.45) is 1.18. The van der Waals surface area contributed by atoms with Gasteiger partial charge in [-0.05, 0) is 37.3 Å². The summed E-state index contributed by atoms with van der Waals surface area (Å²) < 4.78 is 19.0. The molecule has 4 rings (SSSR count). The number of para-hydroxylation sites is 1. The van der Waals surface area contributed by atoms with Gasteiger partial charge in [-0.15, -0.1) is 0 Å². The van der Waals surface area contributed by atoms with E-state index in [0.29, 0.717) is 49.4 Å². The molecular weight excluding hydrogens is 373 g/mol. The Morgan fingerprint density at radius 3 is 2.62 bits per heavy atom. The summed E-state index contributed by atoms with van der Waals surface area (Å²) in [6.45, 7) is 3.69. The molecule has 1 fully saturated rings. The number of rotatable bonds is 3. The predicted octanol–water partition coefficient (Wildman–Crippen LogP) is 3.04. The van der Waals surface area contributed by atoms with E-state index in [2.05, 4.69) is 10.2 Å². The van der Waals surface area contributed by atoms with Gasteiger partial charge in [-0.3, -0.25) is 9.59 Å². The molecule has 152 valence electrons. The number of piperidine rings is 1. The lowest BCUT2D eigenvalue weighted by atomic mass is 9.89. The highest BCUT2D eigenvalue weighted by molar-refractivity contribution is 6.02. The number of amides is 2. The van der Waals surface area contributed by atoms with Crippen molar-refractivity contribution in [3.8, 4) is 5.75 Å². The van der Waals surface area contributed by atoms with E-state index in [1.165, 1.54) is 12.1 Å². The Labute approximate surface area is 169 Å². The fraction of sp³-hybridized carbons (Fsp3) is 0.364. The standard InChI is InChI=1S/C22H24FN3O3/c1-3-26-18-9-8-15(23)14-17(18)20(27)24-22(26)10-12-25(13-11-22)21(28)16-6-4-5-7-19(16)29-2/h4-9,14H,3,10-13H2,1-2H3,(H,24,27). The van der Waals surface area contributed by atoms with Crippen molar-refractivity contribution in [1.29, 1.82) is 0 Å². The molecule has 0 atom stereocenters. The van der Waals surface area contributed by atoms with E-state index < -0.39 is 11.5 Å². The second-order valence-corrected chi connectivity index (χ2v) is 7.38. The van der Waals surface area contributed by atoms with Gasteiger partial charge >= 0.3 is 0 Å². The summed E-state index contributed by atoms with van der Waals surface area (Å²) in [6, 6.07) is 11.5. The number of anilines is 1. The number of hydrogen-bond donors (Lipinski definition) is 1. The molecule has 0 radical (unpaired) electrons. The lowest BCUT2D eigenvalue weighted by molar-refractivity contribution is 0.0601. The second kappa shape index (κ2) is 7.39. The molecule has 0 aliphatic carbocycles. The van der Waals surface area contributed by atoms with Crippen LogP contribution in [0.25, 0.3) is 0 Å². The molecule has 2 heterocycles. The average molecular weight is 397 g/mol. The number of halogens is 1. The minimum atomic E-state index is -0.575. The van der Waals surface area contributed by atoms with Gasteiger partial charge in [0.1, 0.15) is 17.2 Å². The third-order valence-corrected chi connectivity index (χ3v) is 5.89. The number of hydrogen-bond acceptors (Lipinski definition) is 4. The average Bonchev–Trinajstić information content (AvgIpc) is 2.74. The van der Waals surface area contributed by atoms with Crippen molar-refractivity contribution in [3.63, 3.8) is 0 Å². The summed E-state index contributed by atoms with van der Waals surface area (Å²) in [7, 11) is 1.55. The van der Waals surface area contributed by atoms with Crippen molar-refractivity contribution in [2.75, 3.05) is 31.6 Å². The number of ether oxygens (including phenoxy) is 1. The molecule has 7 heteroatoms. The zero-order chi connectivity index (χ0) is 20.6. The normalized spacial score (nSPS) is 17.7. The molecule has 6 nitrogen and oxygen atoms in total. The Morgan fingerprint density at radius 1 is 1.21 bits per heavy atom. The van der Waals surface area contributed by atoms with E-state index in [9.17, 15) is 14.0 Å². The first-order valence-electron chi connectivity index (χ1n) is 9.81. The lowest BCUT2D eigenvalue weighted by Gasteiger charge is -2.52. The highest BCUT2D eigenvalue weighted by atomic mass is 19.1. The summed E-state index contributed by atoms with van der Waals surface area (Å²) in [5, 5.41) is 3.10. The minimum Gasteiger partial charge on any atom is -0.496 e. The van der Waals surface area contributed by atoms with Gasteiger partial charge in [0, 0.05) is 32.5 Å². The molecule has 1 saturated heterocycles. The van der Waals surface area contributed by atoms with Crippen LogP contribution in [0.2, 0.25) is 0 Å². The smallest absolute Gasteiger partial charge is 0.257 e. The van der Waals surface area contributed by atoms with Crippen molar-refractivity contribution in [2.24, 2.45) is 0 Å². The van der Waals surface area contributed by atoms with Crippen LogP contribution in [0.3, 0.4) is 0 Å². The first-order valence-corrected chi connectivity index (χ1v) is 9.81. The van der Waals surface area contributed by atoms with E-state index in [1.807, 2.05) is 19.1 Å². The van der Waals surface area contributed by atoms with Crippen LogP contribution < -0.4 is 15.0 Å². The van der Waals surface area contributed by atoms with Crippen LogP contribution in [-0.2, 0) is 0 Å². The van der Waals surface area contributed by atoms with Gasteiger partial charge in [-0.2, -0.15) is 0 Å². The van der Waals surface area contributed by atoms with Crippen LogP contribution >= 0.6 is 0 Å². The topological polar surface area (TPSA) is 61.9 Å². The summed E-state index contributed by atoms with van der Waals surface area (Å²) >= 11 is 0. The molecule has 2 aromatic rings. The van der Waals surface area contributed by atoms with Gasteiger partial charge in [0.2, 0.25) is 0 Å². The zero-order valence-corrected chi connectivity index (χ0v) is 16.6.